The lowest BCUT2D eigenvalue weighted by molar-refractivity contribution is -0.161. The Balaban J connectivity index is 1.56. The normalized spacial score (nSPS) is 19.3. The standard InChI is InChI=1S/C36H39F3N4O3/c1-2-3-19-41(22-36(37,38)39)35(46)32-24-12-5-4-11-23(24)25-17-18-27(33(31(25)32)43-20-9-8-15-29(43)40)34(45)26-13-6-7-14-28(26)42-21-10-16-30(42)44/h4-7,11-14,17-18,29,32H,2-3,8-10,15-16,19-22,40H2,1H3. The Hall–Kier alpha value is -4.18. The van der Waals surface area contributed by atoms with Crippen LogP contribution in [0.2, 0.25) is 0 Å². The number of alkyl halides is 3. The van der Waals surface area contributed by atoms with Gasteiger partial charge in [-0.25, -0.2) is 0 Å². The van der Waals surface area contributed by atoms with Crippen molar-refractivity contribution in [3.63, 3.8) is 0 Å². The van der Waals surface area contributed by atoms with E-state index in [1.165, 1.54) is 0 Å². The number of amides is 2. The maximum absolute atomic E-state index is 14.7. The van der Waals surface area contributed by atoms with Crippen molar-refractivity contribution in [2.45, 2.75) is 70.1 Å². The largest absolute Gasteiger partial charge is 0.406 e. The number of hydrogen-bond acceptors (Lipinski definition) is 5. The van der Waals surface area contributed by atoms with Crippen LogP contribution in [0.4, 0.5) is 24.5 Å². The summed E-state index contributed by atoms with van der Waals surface area (Å²) in [6.45, 7) is 1.53. The molecule has 2 saturated heterocycles. The number of piperidine rings is 1. The average molecular weight is 633 g/mol. The molecule has 2 unspecified atom stereocenters. The van der Waals surface area contributed by atoms with Gasteiger partial charge in [-0.05, 0) is 67.0 Å². The van der Waals surface area contributed by atoms with Gasteiger partial charge < -0.3 is 20.4 Å². The van der Waals surface area contributed by atoms with Gasteiger partial charge in [0.2, 0.25) is 11.8 Å². The minimum absolute atomic E-state index is 0.0305. The SMILES string of the molecule is CCCCN(CC(F)(F)F)C(=O)C1c2ccccc2-c2ccc(C(=O)c3ccccc3N3CCCC3=O)c(N3CCCCC3N)c21. The van der Waals surface area contributed by atoms with Crippen molar-refractivity contribution >= 4 is 29.0 Å². The third kappa shape index (κ3) is 5.90. The van der Waals surface area contributed by atoms with E-state index in [0.717, 1.165) is 23.3 Å². The molecule has 3 aliphatic rings. The fraction of sp³-hybridized carbons (Fsp3) is 0.417. The van der Waals surface area contributed by atoms with Crippen LogP contribution in [-0.4, -0.2) is 61.0 Å². The highest BCUT2D eigenvalue weighted by molar-refractivity contribution is 6.18. The molecule has 6 rings (SSSR count). The number of para-hydroxylation sites is 1. The monoisotopic (exact) mass is 632 g/mol. The fourth-order valence-corrected chi connectivity index (χ4v) is 7.23. The predicted molar refractivity (Wildman–Crippen MR) is 172 cm³/mol. The molecule has 2 heterocycles. The van der Waals surface area contributed by atoms with Gasteiger partial charge in [-0.2, -0.15) is 13.2 Å². The van der Waals surface area contributed by atoms with Crippen molar-refractivity contribution in [3.8, 4) is 11.1 Å². The van der Waals surface area contributed by atoms with Crippen molar-refractivity contribution in [2.24, 2.45) is 5.73 Å². The van der Waals surface area contributed by atoms with Gasteiger partial charge in [-0.15, -0.1) is 0 Å². The number of nitrogens with zero attached hydrogens (tertiary/aromatic N) is 3. The fourth-order valence-electron chi connectivity index (χ4n) is 7.23. The van der Waals surface area contributed by atoms with Crippen LogP contribution in [0.3, 0.4) is 0 Å². The Morgan fingerprint density at radius 2 is 1.70 bits per heavy atom. The second-order valence-electron chi connectivity index (χ2n) is 12.4. The number of carbonyl (C=O) groups is 3. The van der Waals surface area contributed by atoms with E-state index in [2.05, 4.69) is 0 Å². The third-order valence-electron chi connectivity index (χ3n) is 9.37. The van der Waals surface area contributed by atoms with E-state index < -0.39 is 30.7 Å². The van der Waals surface area contributed by atoms with Crippen molar-refractivity contribution in [2.75, 3.05) is 36.0 Å². The molecular weight excluding hydrogens is 593 g/mol. The minimum Gasteiger partial charge on any atom is -0.355 e. The minimum atomic E-state index is -4.57. The molecule has 46 heavy (non-hydrogen) atoms. The summed E-state index contributed by atoms with van der Waals surface area (Å²) in [5, 5.41) is 0. The molecule has 2 fully saturated rings. The van der Waals surface area contributed by atoms with Gasteiger partial charge in [-0.1, -0.05) is 55.8 Å². The first-order chi connectivity index (χ1) is 22.1. The Kier molecular flexibility index (Phi) is 8.92. The maximum atomic E-state index is 14.7. The van der Waals surface area contributed by atoms with Gasteiger partial charge in [0.1, 0.15) is 6.54 Å². The number of ketones is 1. The van der Waals surface area contributed by atoms with E-state index in [-0.39, 0.29) is 18.2 Å². The van der Waals surface area contributed by atoms with Gasteiger partial charge in [0.05, 0.1) is 23.5 Å². The van der Waals surface area contributed by atoms with Crippen molar-refractivity contribution in [1.82, 2.24) is 4.90 Å². The molecule has 0 bridgehead atoms. The highest BCUT2D eigenvalue weighted by Crippen LogP contribution is 2.52. The summed E-state index contributed by atoms with van der Waals surface area (Å²) in [7, 11) is 0. The number of benzene rings is 3. The number of halogens is 3. The molecule has 1 aliphatic carbocycles. The smallest absolute Gasteiger partial charge is 0.355 e. The lowest BCUT2D eigenvalue weighted by Crippen LogP contribution is -2.47. The molecule has 2 amide bonds. The second kappa shape index (κ2) is 12.9. The molecule has 0 spiro atoms. The number of carbonyl (C=O) groups excluding carboxylic acids is 3. The molecule has 0 aromatic heterocycles. The molecule has 2 N–H and O–H groups in total. The summed E-state index contributed by atoms with van der Waals surface area (Å²) in [5.74, 6) is -2.06. The number of hydrogen-bond donors (Lipinski definition) is 1. The van der Waals surface area contributed by atoms with Crippen LogP contribution in [-0.2, 0) is 9.59 Å². The van der Waals surface area contributed by atoms with E-state index in [0.29, 0.717) is 84.4 Å². The lowest BCUT2D eigenvalue weighted by atomic mass is 9.88. The van der Waals surface area contributed by atoms with Crippen molar-refractivity contribution < 1.29 is 27.6 Å². The molecular formula is C36H39F3N4O3. The van der Waals surface area contributed by atoms with Crippen LogP contribution >= 0.6 is 0 Å². The number of unbranched alkanes of at least 4 members (excludes halogenated alkanes) is 1. The molecule has 7 nitrogen and oxygen atoms in total. The summed E-state index contributed by atoms with van der Waals surface area (Å²) in [4.78, 5) is 46.4. The zero-order valence-electron chi connectivity index (χ0n) is 26.0. The molecule has 10 heteroatoms. The first-order valence-corrected chi connectivity index (χ1v) is 16.2. The summed E-state index contributed by atoms with van der Waals surface area (Å²) in [6.07, 6.45) is -0.488. The van der Waals surface area contributed by atoms with Gasteiger partial charge >= 0.3 is 6.18 Å². The number of fused-ring (bicyclic) bond motifs is 3. The molecule has 0 saturated carbocycles. The Morgan fingerprint density at radius 1 is 0.935 bits per heavy atom. The zero-order valence-corrected chi connectivity index (χ0v) is 26.0. The first kappa shape index (κ1) is 31.8. The Bertz CT molecular complexity index is 1660. The van der Waals surface area contributed by atoms with E-state index >= 15 is 0 Å². The highest BCUT2D eigenvalue weighted by atomic mass is 19.4. The van der Waals surface area contributed by atoms with E-state index in [1.54, 1.807) is 53.4 Å². The summed E-state index contributed by atoms with van der Waals surface area (Å²) in [5.41, 5.74) is 11.0. The average Bonchev–Trinajstić information content (AvgIpc) is 3.62. The molecule has 0 radical (unpaired) electrons. The van der Waals surface area contributed by atoms with Crippen LogP contribution < -0.4 is 15.5 Å². The third-order valence-corrected chi connectivity index (χ3v) is 9.37. The quantitative estimate of drug-likeness (QED) is 0.268. The maximum Gasteiger partial charge on any atom is 0.406 e. The van der Waals surface area contributed by atoms with Crippen LogP contribution in [0.15, 0.2) is 60.7 Å². The molecule has 2 aliphatic heterocycles. The van der Waals surface area contributed by atoms with Gasteiger partial charge in [0.15, 0.2) is 5.78 Å². The summed E-state index contributed by atoms with van der Waals surface area (Å²) in [6, 6.07) is 17.8. The lowest BCUT2D eigenvalue weighted by Gasteiger charge is -2.38. The molecule has 3 aromatic rings. The number of nitrogens with two attached hydrogens (primary N) is 1. The van der Waals surface area contributed by atoms with Gasteiger partial charge in [0.25, 0.3) is 0 Å². The summed E-state index contributed by atoms with van der Waals surface area (Å²) < 4.78 is 41.6. The molecule has 3 aromatic carbocycles. The highest BCUT2D eigenvalue weighted by Gasteiger charge is 2.44. The first-order valence-electron chi connectivity index (χ1n) is 16.2. The van der Waals surface area contributed by atoms with Crippen LogP contribution in [0.5, 0.6) is 0 Å². The van der Waals surface area contributed by atoms with E-state index in [1.807, 2.05) is 24.0 Å². The van der Waals surface area contributed by atoms with Gasteiger partial charge in [0, 0.05) is 42.7 Å². The van der Waals surface area contributed by atoms with Crippen LogP contribution in [0.25, 0.3) is 11.1 Å². The van der Waals surface area contributed by atoms with E-state index in [9.17, 15) is 27.6 Å². The Labute approximate surface area is 267 Å². The predicted octanol–water partition coefficient (Wildman–Crippen LogP) is 6.62. The van der Waals surface area contributed by atoms with Crippen LogP contribution in [0, 0.1) is 0 Å². The zero-order chi connectivity index (χ0) is 32.6. The second-order valence-corrected chi connectivity index (χ2v) is 12.4. The van der Waals surface area contributed by atoms with Crippen molar-refractivity contribution in [3.05, 3.63) is 82.9 Å². The molecule has 2 atom stereocenters. The van der Waals surface area contributed by atoms with E-state index in [4.69, 9.17) is 5.73 Å². The van der Waals surface area contributed by atoms with Crippen LogP contribution in [0.1, 0.15) is 84.8 Å². The Morgan fingerprint density at radius 3 is 2.41 bits per heavy atom. The number of rotatable bonds is 9. The summed E-state index contributed by atoms with van der Waals surface area (Å²) >= 11 is 0. The molecule has 242 valence electrons. The van der Waals surface area contributed by atoms with Gasteiger partial charge in [-0.3, -0.25) is 14.4 Å². The number of anilines is 2. The van der Waals surface area contributed by atoms with Crippen molar-refractivity contribution in [1.29, 1.82) is 0 Å². The topological polar surface area (TPSA) is 87.0 Å².